The molecule has 0 heterocycles. The number of nitrogens with one attached hydrogen (secondary N) is 1. The van der Waals surface area contributed by atoms with Crippen molar-refractivity contribution in [3.05, 3.63) is 0 Å². The molecule has 4 heteroatoms. The molecular weight excluding hydrogens is 262 g/mol. The van der Waals surface area contributed by atoms with Gasteiger partial charge in [0.05, 0.1) is 5.41 Å². The second-order valence-electron chi connectivity index (χ2n) is 6.86. The van der Waals surface area contributed by atoms with Crippen LogP contribution in [0.15, 0.2) is 0 Å². The van der Waals surface area contributed by atoms with E-state index in [1.54, 1.807) is 0 Å². The van der Waals surface area contributed by atoms with E-state index in [1.807, 2.05) is 0 Å². The number of hydrogen-bond acceptors (Lipinski definition) is 3. The lowest BCUT2D eigenvalue weighted by molar-refractivity contribution is -0.132. The lowest BCUT2D eigenvalue weighted by atomic mass is 9.73. The summed E-state index contributed by atoms with van der Waals surface area (Å²) in [5, 5.41) is 3.21. The van der Waals surface area contributed by atoms with E-state index < -0.39 is 0 Å². The summed E-state index contributed by atoms with van der Waals surface area (Å²) >= 11 is 0. The maximum Gasteiger partial charge on any atom is 0.227 e. The zero-order chi connectivity index (χ0) is 15.9. The first-order valence-electron chi connectivity index (χ1n) is 8.65. The Bertz CT molecular complexity index is 307. The number of hydrogen-bond donors (Lipinski definition) is 2. The van der Waals surface area contributed by atoms with E-state index in [9.17, 15) is 4.79 Å². The molecule has 1 aliphatic rings. The Labute approximate surface area is 130 Å². The van der Waals surface area contributed by atoms with E-state index in [0.29, 0.717) is 18.5 Å². The molecule has 0 spiro atoms. The standard InChI is InChI=1S/C17H35N3O/c1-5-14(6-2)15(20(3)4)12-19-16(21)17(13-18)10-8-7-9-11-17/h14-15H,5-13,18H2,1-4H3,(H,19,21). The van der Waals surface area contributed by atoms with Gasteiger partial charge in [-0.1, -0.05) is 46.0 Å². The van der Waals surface area contributed by atoms with Crippen LogP contribution in [0.25, 0.3) is 0 Å². The van der Waals surface area contributed by atoms with Crippen LogP contribution in [0.1, 0.15) is 58.8 Å². The summed E-state index contributed by atoms with van der Waals surface area (Å²) in [6.07, 6.45) is 7.71. The van der Waals surface area contributed by atoms with Crippen molar-refractivity contribution < 1.29 is 4.79 Å². The van der Waals surface area contributed by atoms with Crippen LogP contribution in [0, 0.1) is 11.3 Å². The summed E-state index contributed by atoms with van der Waals surface area (Å²) in [5.74, 6) is 0.808. The minimum absolute atomic E-state index is 0.183. The van der Waals surface area contributed by atoms with Gasteiger partial charge in [0.2, 0.25) is 5.91 Å². The van der Waals surface area contributed by atoms with E-state index in [2.05, 4.69) is 38.2 Å². The molecule has 0 saturated heterocycles. The van der Waals surface area contributed by atoms with Gasteiger partial charge in [-0.25, -0.2) is 0 Å². The van der Waals surface area contributed by atoms with Crippen molar-refractivity contribution in [3.8, 4) is 0 Å². The summed E-state index contributed by atoms with van der Waals surface area (Å²) < 4.78 is 0. The highest BCUT2D eigenvalue weighted by molar-refractivity contribution is 5.83. The highest BCUT2D eigenvalue weighted by Gasteiger charge is 2.38. The zero-order valence-corrected chi connectivity index (χ0v) is 14.5. The van der Waals surface area contributed by atoms with Gasteiger partial charge in [0.25, 0.3) is 0 Å². The van der Waals surface area contributed by atoms with Gasteiger partial charge in [0, 0.05) is 19.1 Å². The average molecular weight is 297 g/mol. The smallest absolute Gasteiger partial charge is 0.227 e. The molecule has 3 N–H and O–H groups in total. The van der Waals surface area contributed by atoms with Gasteiger partial charge in [-0.2, -0.15) is 0 Å². The average Bonchev–Trinajstić information content (AvgIpc) is 2.51. The van der Waals surface area contributed by atoms with Crippen LogP contribution in [0.5, 0.6) is 0 Å². The minimum Gasteiger partial charge on any atom is -0.354 e. The molecule has 0 aromatic heterocycles. The van der Waals surface area contributed by atoms with E-state index in [4.69, 9.17) is 5.73 Å². The molecule has 1 rings (SSSR count). The third-order valence-corrected chi connectivity index (χ3v) is 5.41. The highest BCUT2D eigenvalue weighted by atomic mass is 16.2. The van der Waals surface area contributed by atoms with Crippen molar-refractivity contribution in [2.45, 2.75) is 64.8 Å². The molecule has 21 heavy (non-hydrogen) atoms. The second kappa shape index (κ2) is 8.74. The Kier molecular flexibility index (Phi) is 7.67. The highest BCUT2D eigenvalue weighted by Crippen LogP contribution is 2.35. The number of nitrogens with zero attached hydrogens (tertiary/aromatic N) is 1. The van der Waals surface area contributed by atoms with Crippen molar-refractivity contribution in [2.75, 3.05) is 27.2 Å². The number of likely N-dealkylation sites (N-methyl/N-ethyl adjacent to an activating group) is 1. The van der Waals surface area contributed by atoms with Crippen molar-refractivity contribution >= 4 is 5.91 Å². The van der Waals surface area contributed by atoms with Crippen molar-refractivity contribution in [3.63, 3.8) is 0 Å². The van der Waals surface area contributed by atoms with Gasteiger partial charge in [-0.3, -0.25) is 4.79 Å². The number of rotatable bonds is 8. The van der Waals surface area contributed by atoms with Crippen LogP contribution in [0.3, 0.4) is 0 Å². The Morgan fingerprint density at radius 3 is 2.19 bits per heavy atom. The molecule has 0 aromatic carbocycles. The van der Waals surface area contributed by atoms with Gasteiger partial charge in [-0.05, 0) is 32.9 Å². The van der Waals surface area contributed by atoms with Crippen LogP contribution >= 0.6 is 0 Å². The summed E-state index contributed by atoms with van der Waals surface area (Å²) in [5.41, 5.74) is 5.64. The summed E-state index contributed by atoms with van der Waals surface area (Å²) in [6, 6.07) is 0.405. The van der Waals surface area contributed by atoms with Crippen LogP contribution < -0.4 is 11.1 Å². The fourth-order valence-corrected chi connectivity index (χ4v) is 3.74. The first-order chi connectivity index (χ1) is 10.0. The second-order valence-corrected chi connectivity index (χ2v) is 6.86. The van der Waals surface area contributed by atoms with Gasteiger partial charge < -0.3 is 16.0 Å². The predicted octanol–water partition coefficient (Wildman–Crippen LogP) is 2.38. The van der Waals surface area contributed by atoms with E-state index in [-0.39, 0.29) is 11.3 Å². The molecule has 124 valence electrons. The number of nitrogens with two attached hydrogens (primary N) is 1. The quantitative estimate of drug-likeness (QED) is 0.723. The molecule has 1 atom stereocenters. The first-order valence-corrected chi connectivity index (χ1v) is 8.65. The number of carbonyl (C=O) groups is 1. The van der Waals surface area contributed by atoms with Crippen LogP contribution in [0.2, 0.25) is 0 Å². The van der Waals surface area contributed by atoms with Crippen molar-refractivity contribution in [1.82, 2.24) is 10.2 Å². The van der Waals surface area contributed by atoms with Gasteiger partial charge >= 0.3 is 0 Å². The lowest BCUT2D eigenvalue weighted by Crippen LogP contribution is -2.51. The molecule has 1 unspecified atom stereocenters. The van der Waals surface area contributed by atoms with Gasteiger partial charge in [0.15, 0.2) is 0 Å². The first kappa shape index (κ1) is 18.4. The predicted molar refractivity (Wildman–Crippen MR) is 89.1 cm³/mol. The minimum atomic E-state index is -0.303. The van der Waals surface area contributed by atoms with Crippen LogP contribution in [0.4, 0.5) is 0 Å². The fraction of sp³-hybridized carbons (Fsp3) is 0.941. The largest absolute Gasteiger partial charge is 0.354 e. The van der Waals surface area contributed by atoms with E-state index in [0.717, 1.165) is 45.1 Å². The third kappa shape index (κ3) is 4.68. The molecule has 1 fully saturated rings. The molecule has 1 aliphatic carbocycles. The van der Waals surface area contributed by atoms with E-state index >= 15 is 0 Å². The zero-order valence-electron chi connectivity index (χ0n) is 14.5. The molecular formula is C17H35N3O. The maximum atomic E-state index is 12.7. The molecule has 0 radical (unpaired) electrons. The van der Waals surface area contributed by atoms with Gasteiger partial charge in [-0.15, -0.1) is 0 Å². The van der Waals surface area contributed by atoms with Crippen molar-refractivity contribution in [1.29, 1.82) is 0 Å². The lowest BCUT2D eigenvalue weighted by Gasteiger charge is -2.37. The Morgan fingerprint density at radius 2 is 1.76 bits per heavy atom. The van der Waals surface area contributed by atoms with E-state index in [1.165, 1.54) is 6.42 Å². The molecule has 0 bridgehead atoms. The molecule has 1 saturated carbocycles. The number of amides is 1. The van der Waals surface area contributed by atoms with Gasteiger partial charge in [0.1, 0.15) is 0 Å². The van der Waals surface area contributed by atoms with Crippen LogP contribution in [-0.4, -0.2) is 44.0 Å². The SMILES string of the molecule is CCC(CC)C(CNC(=O)C1(CN)CCCCC1)N(C)C. The monoisotopic (exact) mass is 297 g/mol. The normalized spacial score (nSPS) is 19.8. The maximum absolute atomic E-state index is 12.7. The Morgan fingerprint density at radius 1 is 1.19 bits per heavy atom. The molecule has 0 aromatic rings. The summed E-state index contributed by atoms with van der Waals surface area (Å²) in [7, 11) is 4.21. The molecule has 0 aliphatic heterocycles. The number of carbonyl (C=O) groups excluding carboxylic acids is 1. The topological polar surface area (TPSA) is 58.4 Å². The fourth-order valence-electron chi connectivity index (χ4n) is 3.74. The van der Waals surface area contributed by atoms with Crippen LogP contribution in [-0.2, 0) is 4.79 Å². The summed E-state index contributed by atoms with van der Waals surface area (Å²) in [6.45, 7) is 5.68. The molecule has 4 nitrogen and oxygen atoms in total. The van der Waals surface area contributed by atoms with Crippen molar-refractivity contribution in [2.24, 2.45) is 17.1 Å². The Balaban J connectivity index is 2.63. The molecule has 1 amide bonds. The third-order valence-electron chi connectivity index (χ3n) is 5.41. The summed E-state index contributed by atoms with van der Waals surface area (Å²) in [4.78, 5) is 14.9. The Hall–Kier alpha value is -0.610.